The van der Waals surface area contributed by atoms with Crippen LogP contribution in [0.15, 0.2) is 18.2 Å². The van der Waals surface area contributed by atoms with Crippen molar-refractivity contribution < 1.29 is 9.47 Å². The third-order valence-corrected chi connectivity index (χ3v) is 4.61. The number of nitrogens with one attached hydrogen (secondary N) is 1. The monoisotopic (exact) mass is 289 g/mol. The molecule has 0 amide bonds. The topological polar surface area (TPSA) is 30.5 Å². The van der Waals surface area contributed by atoms with Crippen molar-refractivity contribution in [3.63, 3.8) is 0 Å². The summed E-state index contributed by atoms with van der Waals surface area (Å²) < 4.78 is 11.7. The van der Waals surface area contributed by atoms with E-state index in [-0.39, 0.29) is 0 Å². The fourth-order valence-corrected chi connectivity index (χ4v) is 3.12. The molecule has 0 radical (unpaired) electrons. The van der Waals surface area contributed by atoms with Crippen molar-refractivity contribution in [1.29, 1.82) is 0 Å². The molecular formula is C18H27NO2. The molecule has 1 aromatic carbocycles. The molecule has 3 rings (SSSR count). The molecule has 1 N–H and O–H groups in total. The van der Waals surface area contributed by atoms with Gasteiger partial charge in [0.1, 0.15) is 11.5 Å². The second-order valence-electron chi connectivity index (χ2n) is 6.64. The molecule has 0 saturated heterocycles. The molecule has 1 aromatic rings. The van der Waals surface area contributed by atoms with E-state index in [0.29, 0.717) is 6.10 Å². The van der Waals surface area contributed by atoms with Gasteiger partial charge in [-0.3, -0.25) is 0 Å². The Hall–Kier alpha value is -1.22. The molecule has 3 heteroatoms. The van der Waals surface area contributed by atoms with E-state index < -0.39 is 0 Å². The summed E-state index contributed by atoms with van der Waals surface area (Å²) in [6.45, 7) is 3.23. The lowest BCUT2D eigenvalue weighted by atomic mass is 9.88. The second-order valence-corrected chi connectivity index (χ2v) is 6.64. The Morgan fingerprint density at radius 2 is 2.05 bits per heavy atom. The summed E-state index contributed by atoms with van der Waals surface area (Å²) in [5.74, 6) is 2.66. The van der Waals surface area contributed by atoms with Gasteiger partial charge in [-0.1, -0.05) is 19.4 Å². The Labute approximate surface area is 128 Å². The predicted molar refractivity (Wildman–Crippen MR) is 84.9 cm³/mol. The zero-order chi connectivity index (χ0) is 14.7. The highest BCUT2D eigenvalue weighted by molar-refractivity contribution is 5.41. The summed E-state index contributed by atoms with van der Waals surface area (Å²) in [5, 5.41) is 3.58. The zero-order valence-electron chi connectivity index (χ0n) is 13.2. The molecule has 0 aliphatic heterocycles. The number of hydrogen-bond acceptors (Lipinski definition) is 3. The molecule has 2 atom stereocenters. The van der Waals surface area contributed by atoms with Crippen molar-refractivity contribution in [3.8, 4) is 11.5 Å². The van der Waals surface area contributed by atoms with Gasteiger partial charge in [-0.15, -0.1) is 0 Å². The molecule has 116 valence electrons. The van der Waals surface area contributed by atoms with Crippen molar-refractivity contribution in [2.75, 3.05) is 7.11 Å². The highest BCUT2D eigenvalue weighted by Gasteiger charge is 2.23. The van der Waals surface area contributed by atoms with Crippen LogP contribution in [-0.4, -0.2) is 19.3 Å². The van der Waals surface area contributed by atoms with Gasteiger partial charge in [0.25, 0.3) is 0 Å². The normalized spacial score (nSPS) is 25.6. The molecule has 3 nitrogen and oxygen atoms in total. The third-order valence-electron chi connectivity index (χ3n) is 4.61. The summed E-state index contributed by atoms with van der Waals surface area (Å²) in [5.41, 5.74) is 1.25. The molecule has 2 aliphatic rings. The largest absolute Gasteiger partial charge is 0.497 e. The fourth-order valence-electron chi connectivity index (χ4n) is 3.12. The first-order valence-corrected chi connectivity index (χ1v) is 8.31. The van der Waals surface area contributed by atoms with Crippen LogP contribution in [0.2, 0.25) is 0 Å². The van der Waals surface area contributed by atoms with E-state index >= 15 is 0 Å². The Morgan fingerprint density at radius 1 is 1.19 bits per heavy atom. The molecule has 0 heterocycles. The number of hydrogen-bond donors (Lipinski definition) is 1. The smallest absolute Gasteiger partial charge is 0.127 e. The van der Waals surface area contributed by atoms with Crippen LogP contribution < -0.4 is 14.8 Å². The minimum atomic E-state index is 0.362. The molecule has 2 saturated carbocycles. The highest BCUT2D eigenvalue weighted by atomic mass is 16.5. The van der Waals surface area contributed by atoms with Crippen molar-refractivity contribution in [2.24, 2.45) is 5.92 Å². The maximum Gasteiger partial charge on any atom is 0.127 e. The summed E-state index contributed by atoms with van der Waals surface area (Å²) in [6, 6.07) is 6.92. The van der Waals surface area contributed by atoms with Crippen LogP contribution in [0.4, 0.5) is 0 Å². The van der Waals surface area contributed by atoms with Crippen molar-refractivity contribution in [3.05, 3.63) is 23.8 Å². The average molecular weight is 289 g/mol. The molecule has 0 aromatic heterocycles. The number of ether oxygens (including phenoxy) is 2. The second kappa shape index (κ2) is 6.69. The maximum atomic E-state index is 6.33. The Morgan fingerprint density at radius 3 is 2.76 bits per heavy atom. The van der Waals surface area contributed by atoms with Crippen LogP contribution in [0.25, 0.3) is 0 Å². The molecule has 0 spiro atoms. The molecule has 21 heavy (non-hydrogen) atoms. The first kappa shape index (κ1) is 14.7. The van der Waals surface area contributed by atoms with E-state index in [2.05, 4.69) is 18.3 Å². The van der Waals surface area contributed by atoms with E-state index in [9.17, 15) is 0 Å². The Kier molecular flexibility index (Phi) is 4.69. The van der Waals surface area contributed by atoms with Gasteiger partial charge in [0.2, 0.25) is 0 Å². The van der Waals surface area contributed by atoms with Gasteiger partial charge in [-0.05, 0) is 44.1 Å². The SMILES string of the molecule is COc1ccc(CNC2CC2)c(OC2CCCC(C)C2)c1. The van der Waals surface area contributed by atoms with Crippen LogP contribution in [-0.2, 0) is 6.54 Å². The van der Waals surface area contributed by atoms with Gasteiger partial charge < -0.3 is 14.8 Å². The summed E-state index contributed by atoms with van der Waals surface area (Å²) in [4.78, 5) is 0. The van der Waals surface area contributed by atoms with Gasteiger partial charge in [0.15, 0.2) is 0 Å². The van der Waals surface area contributed by atoms with E-state index in [0.717, 1.165) is 30.0 Å². The third kappa shape index (κ3) is 4.13. The predicted octanol–water partition coefficient (Wildman–Crippen LogP) is 3.90. The molecule has 2 unspecified atom stereocenters. The highest BCUT2D eigenvalue weighted by Crippen LogP contribution is 2.31. The van der Waals surface area contributed by atoms with E-state index in [1.165, 1.54) is 44.1 Å². The van der Waals surface area contributed by atoms with Crippen molar-refractivity contribution in [2.45, 2.75) is 64.1 Å². The van der Waals surface area contributed by atoms with Crippen LogP contribution >= 0.6 is 0 Å². The number of rotatable bonds is 6. The quantitative estimate of drug-likeness (QED) is 0.861. The molecule has 2 fully saturated rings. The summed E-state index contributed by atoms with van der Waals surface area (Å²) >= 11 is 0. The molecule has 0 bridgehead atoms. The van der Waals surface area contributed by atoms with Crippen LogP contribution in [0.1, 0.15) is 51.0 Å². The minimum Gasteiger partial charge on any atom is -0.497 e. The van der Waals surface area contributed by atoms with Crippen LogP contribution in [0, 0.1) is 5.92 Å². The lowest BCUT2D eigenvalue weighted by Crippen LogP contribution is -2.25. The van der Waals surface area contributed by atoms with E-state index in [1.54, 1.807) is 7.11 Å². The fraction of sp³-hybridized carbons (Fsp3) is 0.667. The van der Waals surface area contributed by atoms with Gasteiger partial charge in [-0.25, -0.2) is 0 Å². The standard InChI is InChI=1S/C18H27NO2/c1-13-4-3-5-17(10-13)21-18-11-16(20-2)9-6-14(18)12-19-15-7-8-15/h6,9,11,13,15,17,19H,3-5,7-8,10,12H2,1-2H3. The summed E-state index contributed by atoms with van der Waals surface area (Å²) in [7, 11) is 1.71. The van der Waals surface area contributed by atoms with Crippen molar-refractivity contribution in [1.82, 2.24) is 5.32 Å². The van der Waals surface area contributed by atoms with Gasteiger partial charge in [0.05, 0.1) is 13.2 Å². The first-order chi connectivity index (χ1) is 10.2. The summed E-state index contributed by atoms with van der Waals surface area (Å²) in [6.07, 6.45) is 7.96. The van der Waals surface area contributed by atoms with Crippen LogP contribution in [0.3, 0.4) is 0 Å². The maximum absolute atomic E-state index is 6.33. The van der Waals surface area contributed by atoms with Crippen molar-refractivity contribution >= 4 is 0 Å². The first-order valence-electron chi connectivity index (χ1n) is 8.31. The number of methoxy groups -OCH3 is 1. The minimum absolute atomic E-state index is 0.362. The van der Waals surface area contributed by atoms with Crippen LogP contribution in [0.5, 0.6) is 11.5 Å². The molecule has 2 aliphatic carbocycles. The molecular weight excluding hydrogens is 262 g/mol. The van der Waals surface area contributed by atoms with Gasteiger partial charge in [0, 0.05) is 24.2 Å². The Bertz CT molecular complexity index is 470. The van der Waals surface area contributed by atoms with E-state index in [1.807, 2.05) is 12.1 Å². The zero-order valence-corrected chi connectivity index (χ0v) is 13.2. The van der Waals surface area contributed by atoms with Gasteiger partial charge >= 0.3 is 0 Å². The Balaban J connectivity index is 1.69. The van der Waals surface area contributed by atoms with Gasteiger partial charge in [-0.2, -0.15) is 0 Å². The lowest BCUT2D eigenvalue weighted by molar-refractivity contribution is 0.127. The van der Waals surface area contributed by atoms with E-state index in [4.69, 9.17) is 9.47 Å². The number of benzene rings is 1. The average Bonchev–Trinajstić information content (AvgIpc) is 3.30. The lowest BCUT2D eigenvalue weighted by Gasteiger charge is -2.28.